The highest BCUT2D eigenvalue weighted by Gasteiger charge is 2.33. The monoisotopic (exact) mass is 485 g/mol. The molecule has 0 saturated carbocycles. The number of rotatable bonds is 5. The molecular weight excluding hydrogens is 465 g/mol. The van der Waals surface area contributed by atoms with Crippen LogP contribution in [0.3, 0.4) is 0 Å². The first-order valence-corrected chi connectivity index (χ1v) is 11.2. The van der Waals surface area contributed by atoms with E-state index in [1.807, 2.05) is 53.6 Å². The number of ether oxygens (including phenoxy) is 1. The lowest BCUT2D eigenvalue weighted by Gasteiger charge is -2.36. The van der Waals surface area contributed by atoms with Crippen LogP contribution in [0.5, 0.6) is 5.75 Å². The normalized spacial score (nSPS) is 15.1. The minimum atomic E-state index is -4.74. The van der Waals surface area contributed by atoms with Gasteiger partial charge >= 0.3 is 6.36 Å². The van der Waals surface area contributed by atoms with E-state index in [9.17, 15) is 13.2 Å². The van der Waals surface area contributed by atoms with Crippen molar-refractivity contribution >= 4 is 22.9 Å². The standard InChI is InChI=1S/C25H21ClF3N4O/c26-19-10-8-18(9-11-19)24-21(33-12-4-3-7-23(33)30-24)17-31-13-15-32(16-14-31)20-5-1-2-6-22(20)34-25(27,28)29/h1,3-12H,13-17H2. The van der Waals surface area contributed by atoms with Crippen LogP contribution in [0.1, 0.15) is 5.69 Å². The van der Waals surface area contributed by atoms with E-state index >= 15 is 0 Å². The Balaban J connectivity index is 1.36. The maximum atomic E-state index is 12.8. The Hall–Kier alpha value is -3.23. The summed E-state index contributed by atoms with van der Waals surface area (Å²) in [5.74, 6) is -0.227. The second-order valence-electron chi connectivity index (χ2n) is 8.05. The Labute approximate surface area is 200 Å². The third-order valence-electron chi connectivity index (χ3n) is 5.86. The topological polar surface area (TPSA) is 33.0 Å². The molecule has 1 radical (unpaired) electrons. The van der Waals surface area contributed by atoms with Crippen LogP contribution >= 0.6 is 11.6 Å². The minimum absolute atomic E-state index is 0.227. The van der Waals surface area contributed by atoms with Gasteiger partial charge in [0.25, 0.3) is 0 Å². The predicted molar refractivity (Wildman–Crippen MR) is 125 cm³/mol. The van der Waals surface area contributed by atoms with E-state index in [2.05, 4.69) is 20.1 Å². The number of piperazine rings is 1. The maximum Gasteiger partial charge on any atom is 0.573 e. The Morgan fingerprint density at radius 2 is 1.76 bits per heavy atom. The number of halogens is 4. The summed E-state index contributed by atoms with van der Waals surface area (Å²) < 4.78 is 44.7. The lowest BCUT2D eigenvalue weighted by Crippen LogP contribution is -2.46. The number of fused-ring (bicyclic) bond motifs is 1. The molecule has 0 unspecified atom stereocenters. The molecule has 175 valence electrons. The molecule has 3 heterocycles. The Morgan fingerprint density at radius 1 is 1.00 bits per heavy atom. The second kappa shape index (κ2) is 9.19. The number of anilines is 1. The van der Waals surface area contributed by atoms with Crippen molar-refractivity contribution in [3.8, 4) is 17.0 Å². The molecule has 0 aliphatic carbocycles. The SMILES string of the molecule is FC(F)(F)Oc1c[c]ccc1N1CCN(Cc2c(-c3ccc(Cl)cc3)nc3ccccn23)CC1. The van der Waals surface area contributed by atoms with Crippen LogP contribution in [0.4, 0.5) is 18.9 Å². The van der Waals surface area contributed by atoms with Gasteiger partial charge in [-0.05, 0) is 42.5 Å². The zero-order chi connectivity index (χ0) is 23.7. The average molecular weight is 486 g/mol. The van der Waals surface area contributed by atoms with E-state index in [1.54, 1.807) is 12.1 Å². The number of hydrogen-bond donors (Lipinski definition) is 0. The first kappa shape index (κ1) is 22.6. The molecule has 5 nitrogen and oxygen atoms in total. The largest absolute Gasteiger partial charge is 0.573 e. The summed E-state index contributed by atoms with van der Waals surface area (Å²) in [6, 6.07) is 20.6. The van der Waals surface area contributed by atoms with Crippen molar-refractivity contribution in [1.82, 2.24) is 14.3 Å². The fourth-order valence-electron chi connectivity index (χ4n) is 4.27. The van der Waals surface area contributed by atoms with Crippen LogP contribution in [0, 0.1) is 6.07 Å². The van der Waals surface area contributed by atoms with Crippen molar-refractivity contribution in [2.24, 2.45) is 0 Å². The van der Waals surface area contributed by atoms with Gasteiger partial charge in [0.1, 0.15) is 5.65 Å². The quantitative estimate of drug-likeness (QED) is 0.364. The van der Waals surface area contributed by atoms with E-state index in [-0.39, 0.29) is 5.75 Å². The molecule has 1 aliphatic heterocycles. The summed E-state index contributed by atoms with van der Waals surface area (Å²) in [6.07, 6.45) is -2.75. The molecule has 1 fully saturated rings. The molecule has 0 spiro atoms. The van der Waals surface area contributed by atoms with Gasteiger partial charge in [0.15, 0.2) is 5.75 Å². The third kappa shape index (κ3) is 4.83. The van der Waals surface area contributed by atoms with Gasteiger partial charge in [-0.3, -0.25) is 4.90 Å². The van der Waals surface area contributed by atoms with Gasteiger partial charge in [-0.15, -0.1) is 13.2 Å². The molecule has 2 aromatic carbocycles. The fourth-order valence-corrected chi connectivity index (χ4v) is 4.40. The Kier molecular flexibility index (Phi) is 6.10. The first-order valence-electron chi connectivity index (χ1n) is 10.8. The minimum Gasteiger partial charge on any atom is -0.404 e. The van der Waals surface area contributed by atoms with Crippen LogP contribution in [-0.4, -0.2) is 46.8 Å². The zero-order valence-electron chi connectivity index (χ0n) is 18.1. The molecule has 34 heavy (non-hydrogen) atoms. The van der Waals surface area contributed by atoms with E-state index in [0.717, 1.165) is 22.6 Å². The zero-order valence-corrected chi connectivity index (χ0v) is 18.9. The van der Waals surface area contributed by atoms with E-state index in [0.29, 0.717) is 43.4 Å². The molecule has 0 bridgehead atoms. The van der Waals surface area contributed by atoms with Crippen molar-refractivity contribution in [2.45, 2.75) is 12.9 Å². The molecule has 0 N–H and O–H groups in total. The van der Waals surface area contributed by atoms with Gasteiger partial charge in [-0.2, -0.15) is 0 Å². The molecule has 0 atom stereocenters. The van der Waals surface area contributed by atoms with E-state index < -0.39 is 6.36 Å². The van der Waals surface area contributed by atoms with Crippen LogP contribution in [-0.2, 0) is 6.54 Å². The molecule has 2 aromatic heterocycles. The summed E-state index contributed by atoms with van der Waals surface area (Å²) in [5, 5.41) is 0.664. The van der Waals surface area contributed by atoms with Gasteiger partial charge in [0.05, 0.1) is 17.1 Å². The van der Waals surface area contributed by atoms with Crippen molar-refractivity contribution < 1.29 is 17.9 Å². The molecule has 0 amide bonds. The Bertz CT molecular complexity index is 1280. The summed E-state index contributed by atoms with van der Waals surface area (Å²) in [7, 11) is 0. The first-order chi connectivity index (χ1) is 16.4. The number of aromatic nitrogens is 2. The molecule has 5 rings (SSSR count). The summed E-state index contributed by atoms with van der Waals surface area (Å²) in [4.78, 5) is 9.04. The van der Waals surface area contributed by atoms with Gasteiger partial charge < -0.3 is 14.0 Å². The summed E-state index contributed by atoms with van der Waals surface area (Å²) >= 11 is 6.07. The average Bonchev–Trinajstić information content (AvgIpc) is 3.18. The summed E-state index contributed by atoms with van der Waals surface area (Å²) in [5.41, 5.74) is 4.21. The van der Waals surface area contributed by atoms with Gasteiger partial charge in [-0.25, -0.2) is 4.98 Å². The van der Waals surface area contributed by atoms with Gasteiger partial charge in [0.2, 0.25) is 0 Å². The fraction of sp³-hybridized carbons (Fsp3) is 0.240. The van der Waals surface area contributed by atoms with Crippen LogP contribution in [0.2, 0.25) is 5.02 Å². The number of imidazole rings is 1. The third-order valence-corrected chi connectivity index (χ3v) is 6.11. The molecular formula is C25H21ClF3N4O. The van der Waals surface area contributed by atoms with Gasteiger partial charge in [-0.1, -0.05) is 35.9 Å². The number of alkyl halides is 3. The van der Waals surface area contributed by atoms with Crippen molar-refractivity contribution in [3.05, 3.63) is 83.6 Å². The Morgan fingerprint density at radius 3 is 2.50 bits per heavy atom. The highest BCUT2D eigenvalue weighted by atomic mass is 35.5. The van der Waals surface area contributed by atoms with Crippen molar-refractivity contribution in [2.75, 3.05) is 31.1 Å². The predicted octanol–water partition coefficient (Wildman–Crippen LogP) is 5.68. The van der Waals surface area contributed by atoms with Crippen molar-refractivity contribution in [3.63, 3.8) is 0 Å². The van der Waals surface area contributed by atoms with Crippen LogP contribution < -0.4 is 9.64 Å². The number of benzene rings is 2. The van der Waals surface area contributed by atoms with Gasteiger partial charge in [0, 0.05) is 49.5 Å². The van der Waals surface area contributed by atoms with Crippen LogP contribution in [0.15, 0.2) is 66.9 Å². The lowest BCUT2D eigenvalue weighted by molar-refractivity contribution is -0.274. The second-order valence-corrected chi connectivity index (χ2v) is 8.48. The van der Waals surface area contributed by atoms with E-state index in [4.69, 9.17) is 16.6 Å². The number of hydrogen-bond acceptors (Lipinski definition) is 4. The maximum absolute atomic E-state index is 12.8. The molecule has 9 heteroatoms. The lowest BCUT2D eigenvalue weighted by atomic mass is 10.1. The van der Waals surface area contributed by atoms with Crippen molar-refractivity contribution in [1.29, 1.82) is 0 Å². The van der Waals surface area contributed by atoms with E-state index in [1.165, 1.54) is 6.07 Å². The highest BCUT2D eigenvalue weighted by Crippen LogP contribution is 2.33. The molecule has 1 saturated heterocycles. The van der Waals surface area contributed by atoms with Crippen LogP contribution in [0.25, 0.3) is 16.9 Å². The number of pyridine rings is 1. The molecule has 1 aliphatic rings. The summed E-state index contributed by atoms with van der Waals surface area (Å²) in [6.45, 7) is 3.18. The highest BCUT2D eigenvalue weighted by molar-refractivity contribution is 6.30. The smallest absolute Gasteiger partial charge is 0.404 e. The molecule has 4 aromatic rings. The number of nitrogens with zero attached hydrogens (tertiary/aromatic N) is 4.